The number of benzene rings is 2. The predicted octanol–water partition coefficient (Wildman–Crippen LogP) is 6.35. The molecule has 1 N–H and O–H groups in total. The van der Waals surface area contributed by atoms with Crippen molar-refractivity contribution in [2.24, 2.45) is 5.92 Å². The second-order valence-electron chi connectivity index (χ2n) is 11.2. The van der Waals surface area contributed by atoms with E-state index >= 15 is 0 Å². The Morgan fingerprint density at radius 3 is 2.07 bits per heavy atom. The molecule has 0 radical (unpaired) electrons. The van der Waals surface area contributed by atoms with Gasteiger partial charge in [0.15, 0.2) is 9.84 Å². The number of aliphatic hydroxyl groups excluding tert-OH is 1. The van der Waals surface area contributed by atoms with Crippen molar-refractivity contribution in [3.8, 4) is 0 Å². The molecule has 2 aromatic rings. The number of fused-ring (bicyclic) bond motifs is 3. The highest BCUT2D eigenvalue weighted by Crippen LogP contribution is 2.57. The fraction of sp³-hybridized carbons (Fsp3) is 0.536. The number of rotatable bonds is 4. The number of amides is 1. The van der Waals surface area contributed by atoms with Crippen molar-refractivity contribution in [2.45, 2.75) is 84.8 Å². The molecule has 42 heavy (non-hydrogen) atoms. The molecule has 2 fully saturated rings. The van der Waals surface area contributed by atoms with Gasteiger partial charge in [-0.2, -0.15) is 26.3 Å². The highest BCUT2D eigenvalue weighted by atomic mass is 127. The van der Waals surface area contributed by atoms with Gasteiger partial charge < -0.3 is 10.0 Å². The molecule has 1 saturated carbocycles. The van der Waals surface area contributed by atoms with Crippen LogP contribution in [0.1, 0.15) is 55.2 Å². The number of carbonyl (C=O) groups excluding carboxylic acids is 1. The first-order chi connectivity index (χ1) is 19.4. The summed E-state index contributed by atoms with van der Waals surface area (Å²) >= 11 is 1.99. The normalized spacial score (nSPS) is 27.0. The summed E-state index contributed by atoms with van der Waals surface area (Å²) in [5.74, 6) is -0.733. The molecule has 1 aliphatic heterocycles. The average Bonchev–Trinajstić information content (AvgIpc) is 3.33. The van der Waals surface area contributed by atoms with E-state index in [1.54, 1.807) is 12.1 Å². The number of halogens is 8. The van der Waals surface area contributed by atoms with E-state index in [4.69, 9.17) is 0 Å². The lowest BCUT2D eigenvalue weighted by Gasteiger charge is -2.44. The van der Waals surface area contributed by atoms with E-state index in [0.29, 0.717) is 37.8 Å². The minimum Gasteiger partial charge on any atom is -0.393 e. The maximum absolute atomic E-state index is 15.0. The SMILES string of the molecule is O=C(C1CCC(O)CC1)N1CC[C@@]2(S(=O)(=O)c3ccc(I)cc3)c3ccc(C(F)(C(F)(F)F)C(F)(F)F)cc3CC[C@@H]12. The van der Waals surface area contributed by atoms with Crippen molar-refractivity contribution in [1.29, 1.82) is 0 Å². The first-order valence-electron chi connectivity index (χ1n) is 13.4. The topological polar surface area (TPSA) is 74.7 Å². The van der Waals surface area contributed by atoms with Crippen LogP contribution in [0.3, 0.4) is 0 Å². The Morgan fingerprint density at radius 2 is 1.50 bits per heavy atom. The van der Waals surface area contributed by atoms with E-state index in [0.717, 1.165) is 9.64 Å². The Morgan fingerprint density at radius 1 is 0.905 bits per heavy atom. The van der Waals surface area contributed by atoms with Crippen LogP contribution in [0.4, 0.5) is 30.7 Å². The van der Waals surface area contributed by atoms with Crippen LogP contribution in [-0.2, 0) is 31.5 Å². The van der Waals surface area contributed by atoms with Crippen LogP contribution in [-0.4, -0.2) is 55.4 Å². The van der Waals surface area contributed by atoms with E-state index in [1.807, 2.05) is 22.6 Å². The van der Waals surface area contributed by atoms with Crippen molar-refractivity contribution < 1.29 is 49.1 Å². The zero-order chi connectivity index (χ0) is 30.9. The van der Waals surface area contributed by atoms with Gasteiger partial charge in [-0.25, -0.2) is 12.8 Å². The summed E-state index contributed by atoms with van der Waals surface area (Å²) in [5.41, 5.74) is -7.49. The molecule has 1 heterocycles. The Kier molecular flexibility index (Phi) is 7.95. The number of hydrogen-bond donors (Lipinski definition) is 1. The molecule has 2 aliphatic carbocycles. The van der Waals surface area contributed by atoms with Crippen LogP contribution in [0.15, 0.2) is 47.4 Å². The fourth-order valence-corrected chi connectivity index (χ4v) is 9.60. The van der Waals surface area contributed by atoms with Crippen LogP contribution < -0.4 is 0 Å². The number of alkyl halides is 7. The highest BCUT2D eigenvalue weighted by molar-refractivity contribution is 14.1. The first-order valence-corrected chi connectivity index (χ1v) is 16.0. The lowest BCUT2D eigenvalue weighted by Crippen LogP contribution is -2.53. The molecular weight excluding hydrogens is 706 g/mol. The quantitative estimate of drug-likeness (QED) is 0.294. The Bertz CT molecular complexity index is 1460. The van der Waals surface area contributed by atoms with E-state index in [1.165, 1.54) is 17.0 Å². The van der Waals surface area contributed by atoms with Crippen molar-refractivity contribution in [1.82, 2.24) is 4.90 Å². The molecule has 230 valence electrons. The van der Waals surface area contributed by atoms with Crippen LogP contribution in [0.2, 0.25) is 0 Å². The van der Waals surface area contributed by atoms with Gasteiger partial charge in [-0.05, 0) is 103 Å². The molecule has 2 atom stereocenters. The van der Waals surface area contributed by atoms with Crippen LogP contribution >= 0.6 is 22.6 Å². The van der Waals surface area contributed by atoms with Gasteiger partial charge in [-0.1, -0.05) is 18.2 Å². The van der Waals surface area contributed by atoms with E-state index < -0.39 is 56.2 Å². The van der Waals surface area contributed by atoms with Crippen molar-refractivity contribution in [2.75, 3.05) is 6.54 Å². The van der Waals surface area contributed by atoms with Gasteiger partial charge in [0.25, 0.3) is 0 Å². The van der Waals surface area contributed by atoms with Crippen molar-refractivity contribution in [3.63, 3.8) is 0 Å². The van der Waals surface area contributed by atoms with Crippen molar-refractivity contribution >= 4 is 38.3 Å². The summed E-state index contributed by atoms with van der Waals surface area (Å²) in [5, 5.41) is 9.87. The third-order valence-corrected chi connectivity index (χ3v) is 12.3. The van der Waals surface area contributed by atoms with Gasteiger partial charge in [-0.15, -0.1) is 0 Å². The minimum absolute atomic E-state index is 0.00545. The van der Waals surface area contributed by atoms with E-state index in [2.05, 4.69) is 0 Å². The van der Waals surface area contributed by atoms with Gasteiger partial charge in [0.05, 0.1) is 17.0 Å². The Labute approximate surface area is 251 Å². The molecule has 0 unspecified atom stereocenters. The summed E-state index contributed by atoms with van der Waals surface area (Å²) in [6.45, 7) is 0.00545. The van der Waals surface area contributed by atoms with Crippen LogP contribution in [0.5, 0.6) is 0 Å². The summed E-state index contributed by atoms with van der Waals surface area (Å²) in [6, 6.07) is 6.61. The number of likely N-dealkylation sites (tertiary alicyclic amines) is 1. The van der Waals surface area contributed by atoms with Gasteiger partial charge in [-0.3, -0.25) is 4.79 Å². The molecule has 0 bridgehead atoms. The van der Waals surface area contributed by atoms with Gasteiger partial charge >= 0.3 is 18.0 Å². The molecular formula is C28H27F7INO4S. The average molecular weight is 733 g/mol. The molecule has 14 heteroatoms. The first kappa shape index (κ1) is 31.5. The number of hydrogen-bond acceptors (Lipinski definition) is 4. The fourth-order valence-electron chi connectivity index (χ4n) is 6.88. The molecule has 0 spiro atoms. The summed E-state index contributed by atoms with van der Waals surface area (Å²) in [6.07, 6.45) is -11.9. The predicted molar refractivity (Wildman–Crippen MR) is 146 cm³/mol. The maximum atomic E-state index is 15.0. The molecule has 1 amide bonds. The molecule has 3 aliphatic rings. The molecule has 5 rings (SSSR count). The third kappa shape index (κ3) is 4.74. The lowest BCUT2D eigenvalue weighted by molar-refractivity contribution is -0.348. The van der Waals surface area contributed by atoms with Gasteiger partial charge in [0.1, 0.15) is 4.75 Å². The zero-order valence-electron chi connectivity index (χ0n) is 22.0. The number of aliphatic hydroxyl groups is 1. The van der Waals surface area contributed by atoms with E-state index in [-0.39, 0.29) is 47.7 Å². The molecule has 2 aromatic carbocycles. The molecule has 1 saturated heterocycles. The monoisotopic (exact) mass is 733 g/mol. The molecule has 0 aromatic heterocycles. The van der Waals surface area contributed by atoms with Crippen LogP contribution in [0.25, 0.3) is 0 Å². The summed E-state index contributed by atoms with van der Waals surface area (Å²) in [7, 11) is -4.38. The second-order valence-corrected chi connectivity index (χ2v) is 14.7. The summed E-state index contributed by atoms with van der Waals surface area (Å²) in [4.78, 5) is 15.1. The minimum atomic E-state index is -6.31. The Hall–Kier alpha value is -1.94. The number of nitrogens with zero attached hydrogens (tertiary/aromatic N) is 1. The number of aryl methyl sites for hydroxylation is 1. The second kappa shape index (κ2) is 10.6. The number of carbonyl (C=O) groups is 1. The van der Waals surface area contributed by atoms with E-state index in [9.17, 15) is 49.1 Å². The van der Waals surface area contributed by atoms with Gasteiger partial charge in [0.2, 0.25) is 5.91 Å². The molecule has 5 nitrogen and oxygen atoms in total. The van der Waals surface area contributed by atoms with Crippen LogP contribution in [0, 0.1) is 9.49 Å². The summed E-state index contributed by atoms with van der Waals surface area (Å²) < 4.78 is 124. The van der Waals surface area contributed by atoms with Crippen molar-refractivity contribution in [3.05, 3.63) is 62.7 Å². The largest absolute Gasteiger partial charge is 0.435 e. The zero-order valence-corrected chi connectivity index (χ0v) is 25.0. The number of sulfone groups is 1. The smallest absolute Gasteiger partial charge is 0.393 e. The van der Waals surface area contributed by atoms with Gasteiger partial charge in [0, 0.05) is 21.6 Å². The lowest BCUT2D eigenvalue weighted by atomic mass is 9.76. The highest BCUT2D eigenvalue weighted by Gasteiger charge is 2.74. The standard InChI is InChI=1S/C28H27F7INO4S/c29-26(27(30,31)32,28(33,34)35)18-4-11-22-17(15-18)3-12-23-25(22,42(40,41)21-9-5-19(36)6-10-21)13-14-37(23)24(39)16-1-7-20(38)8-2-16/h4-6,9-11,15-16,20,23,38H,1-3,7-8,12-14H2/t16?,20?,23-,25-/m1/s1. The maximum Gasteiger partial charge on any atom is 0.435 e. The third-order valence-electron chi connectivity index (χ3n) is 9.00. The Balaban J connectivity index is 1.66.